The maximum absolute atomic E-state index is 11.5. The van der Waals surface area contributed by atoms with Crippen LogP contribution in [0.4, 0.5) is 0 Å². The highest BCUT2D eigenvalue weighted by Gasteiger charge is 2.21. The number of nitrogens with two attached hydrogens (primary N) is 1. The molecule has 21 heavy (non-hydrogen) atoms. The fourth-order valence-corrected chi connectivity index (χ4v) is 4.19. The third-order valence-electron chi connectivity index (χ3n) is 3.17. The Morgan fingerprint density at radius 1 is 1.29 bits per heavy atom. The van der Waals surface area contributed by atoms with Crippen LogP contribution in [0.1, 0.15) is 16.5 Å². The Kier molecular flexibility index (Phi) is 3.62. The van der Waals surface area contributed by atoms with E-state index < -0.39 is 16.1 Å². The minimum Gasteiger partial charge on any atom is -0.454 e. The summed E-state index contributed by atoms with van der Waals surface area (Å²) in [6.07, 6.45) is -0.679. The molecule has 0 spiro atoms. The Morgan fingerprint density at radius 3 is 2.81 bits per heavy atom. The lowest BCUT2D eigenvalue weighted by molar-refractivity contribution is 0.171. The van der Waals surface area contributed by atoms with Crippen molar-refractivity contribution in [3.05, 3.63) is 40.1 Å². The van der Waals surface area contributed by atoms with Gasteiger partial charge in [0.1, 0.15) is 0 Å². The van der Waals surface area contributed by atoms with Crippen molar-refractivity contribution in [3.63, 3.8) is 0 Å². The molecule has 6 nitrogen and oxygen atoms in total. The average molecular weight is 327 g/mol. The fraction of sp³-hybridized carbons (Fsp3) is 0.231. The zero-order chi connectivity index (χ0) is 15.0. The van der Waals surface area contributed by atoms with E-state index in [-0.39, 0.29) is 18.1 Å². The summed E-state index contributed by atoms with van der Waals surface area (Å²) in [4.78, 5) is 0.593. The SMILES string of the molecule is NS(=O)(=O)c1ccsc1CC(O)c1ccc2c(c1)OCO2. The molecule has 0 aliphatic carbocycles. The van der Waals surface area contributed by atoms with Crippen molar-refractivity contribution in [2.24, 2.45) is 5.14 Å². The summed E-state index contributed by atoms with van der Waals surface area (Å²) in [6.45, 7) is 0.162. The smallest absolute Gasteiger partial charge is 0.239 e. The van der Waals surface area contributed by atoms with Crippen molar-refractivity contribution in [1.82, 2.24) is 0 Å². The van der Waals surface area contributed by atoms with Crippen LogP contribution >= 0.6 is 11.3 Å². The van der Waals surface area contributed by atoms with Crippen molar-refractivity contribution in [3.8, 4) is 11.5 Å². The van der Waals surface area contributed by atoms with Crippen molar-refractivity contribution in [2.75, 3.05) is 6.79 Å². The summed E-state index contributed by atoms with van der Waals surface area (Å²) in [5.41, 5.74) is 0.632. The van der Waals surface area contributed by atoms with Gasteiger partial charge in [-0.2, -0.15) is 0 Å². The van der Waals surface area contributed by atoms with Crippen LogP contribution < -0.4 is 14.6 Å². The van der Waals surface area contributed by atoms with Gasteiger partial charge in [-0.15, -0.1) is 11.3 Å². The van der Waals surface area contributed by atoms with Gasteiger partial charge in [0.05, 0.1) is 11.0 Å². The van der Waals surface area contributed by atoms with Crippen LogP contribution in [0.2, 0.25) is 0 Å². The molecule has 0 saturated heterocycles. The maximum Gasteiger partial charge on any atom is 0.239 e. The first kappa shape index (κ1) is 14.3. The van der Waals surface area contributed by atoms with E-state index in [2.05, 4.69) is 0 Å². The molecule has 1 unspecified atom stereocenters. The number of thiophene rings is 1. The topological polar surface area (TPSA) is 98.9 Å². The fourth-order valence-electron chi connectivity index (χ4n) is 2.15. The van der Waals surface area contributed by atoms with E-state index in [0.29, 0.717) is 21.9 Å². The molecule has 1 aromatic carbocycles. The molecule has 112 valence electrons. The van der Waals surface area contributed by atoms with Gasteiger partial charge in [0.15, 0.2) is 11.5 Å². The number of primary sulfonamides is 1. The first-order valence-electron chi connectivity index (χ1n) is 6.12. The molecule has 0 bridgehead atoms. The van der Waals surface area contributed by atoms with E-state index in [1.165, 1.54) is 17.4 Å². The van der Waals surface area contributed by atoms with Crippen LogP contribution in [0, 0.1) is 0 Å². The summed E-state index contributed by atoms with van der Waals surface area (Å²) < 4.78 is 33.4. The van der Waals surface area contributed by atoms with Crippen LogP contribution in [0.3, 0.4) is 0 Å². The third-order valence-corrected chi connectivity index (χ3v) is 5.24. The Bertz CT molecular complexity index is 769. The molecule has 1 atom stereocenters. The summed E-state index contributed by atoms with van der Waals surface area (Å²) in [6, 6.07) is 6.58. The summed E-state index contributed by atoms with van der Waals surface area (Å²) in [5.74, 6) is 1.21. The van der Waals surface area contributed by atoms with Crippen LogP contribution in [-0.2, 0) is 16.4 Å². The summed E-state index contributed by atoms with van der Waals surface area (Å²) in [7, 11) is -3.77. The predicted molar refractivity (Wildman–Crippen MR) is 76.9 cm³/mol. The molecule has 0 fully saturated rings. The van der Waals surface area contributed by atoms with E-state index in [0.717, 1.165) is 0 Å². The first-order chi connectivity index (χ1) is 9.95. The number of benzene rings is 1. The number of aliphatic hydroxyl groups is 1. The molecule has 3 rings (SSSR count). The zero-order valence-electron chi connectivity index (χ0n) is 10.9. The number of hydrogen-bond acceptors (Lipinski definition) is 6. The molecule has 0 saturated carbocycles. The van der Waals surface area contributed by atoms with E-state index in [9.17, 15) is 13.5 Å². The molecule has 1 aromatic heterocycles. The van der Waals surface area contributed by atoms with Crippen LogP contribution in [0.5, 0.6) is 11.5 Å². The Labute approximate surface area is 125 Å². The zero-order valence-corrected chi connectivity index (χ0v) is 12.5. The quantitative estimate of drug-likeness (QED) is 0.884. The van der Waals surface area contributed by atoms with E-state index in [1.807, 2.05) is 0 Å². The molecule has 8 heteroatoms. The second kappa shape index (κ2) is 5.30. The summed E-state index contributed by atoms with van der Waals surface area (Å²) >= 11 is 1.25. The molecular formula is C13H13NO5S2. The van der Waals surface area contributed by atoms with E-state index in [4.69, 9.17) is 14.6 Å². The standard InChI is InChI=1S/C13H13NO5S2/c14-21(16,17)13-3-4-20-12(13)6-9(15)8-1-2-10-11(5-8)19-7-18-10/h1-5,9,15H,6-7H2,(H2,14,16,17). The number of rotatable bonds is 4. The third kappa shape index (κ3) is 2.88. The molecule has 0 amide bonds. The minimum atomic E-state index is -3.77. The lowest BCUT2D eigenvalue weighted by atomic mass is 10.1. The monoisotopic (exact) mass is 327 g/mol. The van der Waals surface area contributed by atoms with Crippen molar-refractivity contribution in [1.29, 1.82) is 0 Å². The number of sulfonamides is 1. The second-order valence-electron chi connectivity index (χ2n) is 4.59. The van der Waals surface area contributed by atoms with Gasteiger partial charge in [-0.05, 0) is 29.1 Å². The van der Waals surface area contributed by atoms with Crippen LogP contribution in [-0.4, -0.2) is 20.3 Å². The highest BCUT2D eigenvalue weighted by Crippen LogP contribution is 2.35. The molecule has 3 N–H and O–H groups in total. The average Bonchev–Trinajstić information content (AvgIpc) is 3.04. The number of aliphatic hydroxyl groups excluding tert-OH is 1. The second-order valence-corrected chi connectivity index (χ2v) is 7.12. The molecule has 2 heterocycles. The maximum atomic E-state index is 11.5. The van der Waals surface area contributed by atoms with E-state index >= 15 is 0 Å². The Hall–Kier alpha value is -1.61. The van der Waals surface area contributed by atoms with Gasteiger partial charge in [-0.1, -0.05) is 6.07 Å². The first-order valence-corrected chi connectivity index (χ1v) is 8.54. The molecule has 1 aliphatic rings. The highest BCUT2D eigenvalue weighted by atomic mass is 32.2. The normalized spacial score (nSPS) is 15.1. The van der Waals surface area contributed by atoms with Crippen LogP contribution in [0.15, 0.2) is 34.5 Å². The van der Waals surface area contributed by atoms with Gasteiger partial charge in [0, 0.05) is 11.3 Å². The van der Waals surface area contributed by atoms with Crippen molar-refractivity contribution < 1.29 is 23.0 Å². The van der Waals surface area contributed by atoms with Gasteiger partial charge in [-0.25, -0.2) is 13.6 Å². The number of fused-ring (bicyclic) bond motifs is 1. The molecule has 0 radical (unpaired) electrons. The lowest BCUT2D eigenvalue weighted by Gasteiger charge is -2.11. The van der Waals surface area contributed by atoms with Crippen molar-refractivity contribution in [2.45, 2.75) is 17.4 Å². The van der Waals surface area contributed by atoms with Gasteiger partial charge < -0.3 is 14.6 Å². The lowest BCUT2D eigenvalue weighted by Crippen LogP contribution is -2.14. The van der Waals surface area contributed by atoms with Gasteiger partial charge >= 0.3 is 0 Å². The van der Waals surface area contributed by atoms with Gasteiger partial charge in [-0.3, -0.25) is 0 Å². The van der Waals surface area contributed by atoms with Crippen LogP contribution in [0.25, 0.3) is 0 Å². The largest absolute Gasteiger partial charge is 0.454 e. The van der Waals surface area contributed by atoms with E-state index in [1.54, 1.807) is 23.6 Å². The Morgan fingerprint density at radius 2 is 2.05 bits per heavy atom. The number of ether oxygens (including phenoxy) is 2. The summed E-state index contributed by atoms with van der Waals surface area (Å²) in [5, 5.41) is 17.1. The highest BCUT2D eigenvalue weighted by molar-refractivity contribution is 7.89. The molecule has 2 aromatic rings. The number of hydrogen-bond donors (Lipinski definition) is 2. The molecule has 1 aliphatic heterocycles. The van der Waals surface area contributed by atoms with Gasteiger partial charge in [0.25, 0.3) is 0 Å². The Balaban J connectivity index is 1.84. The van der Waals surface area contributed by atoms with Crippen molar-refractivity contribution >= 4 is 21.4 Å². The predicted octanol–water partition coefficient (Wildman–Crippen LogP) is 1.40. The minimum absolute atomic E-state index is 0.0623. The molecular weight excluding hydrogens is 314 g/mol. The van der Waals surface area contributed by atoms with Gasteiger partial charge in [0.2, 0.25) is 16.8 Å².